The summed E-state index contributed by atoms with van der Waals surface area (Å²) in [4.78, 5) is 37.3. The molecule has 0 bridgehead atoms. The first kappa shape index (κ1) is 19.6. The van der Waals surface area contributed by atoms with Gasteiger partial charge in [-0.05, 0) is 12.1 Å². The number of morpholine rings is 1. The topological polar surface area (TPSA) is 115 Å². The van der Waals surface area contributed by atoms with E-state index in [1.54, 1.807) is 11.9 Å². The van der Waals surface area contributed by atoms with Gasteiger partial charge >= 0.3 is 0 Å². The van der Waals surface area contributed by atoms with Crippen LogP contribution >= 0.6 is 0 Å². The van der Waals surface area contributed by atoms with E-state index in [9.17, 15) is 19.7 Å². The molecule has 142 valence electrons. The summed E-state index contributed by atoms with van der Waals surface area (Å²) >= 11 is 0. The van der Waals surface area contributed by atoms with E-state index in [-0.39, 0.29) is 30.4 Å². The molecule has 0 aromatic heterocycles. The first-order chi connectivity index (χ1) is 12.4. The predicted molar refractivity (Wildman–Crippen MR) is 92.3 cm³/mol. The molecule has 1 aliphatic heterocycles. The molecule has 1 unspecified atom stereocenters. The number of nitrogens with one attached hydrogen (secondary N) is 2. The van der Waals surface area contributed by atoms with Crippen molar-refractivity contribution in [2.45, 2.75) is 0 Å². The molecule has 1 fully saturated rings. The highest BCUT2D eigenvalue weighted by Crippen LogP contribution is 2.28. The van der Waals surface area contributed by atoms with Gasteiger partial charge in [0.2, 0.25) is 0 Å². The zero-order chi connectivity index (χ0) is 19.1. The summed E-state index contributed by atoms with van der Waals surface area (Å²) in [6.45, 7) is 2.32. The van der Waals surface area contributed by atoms with Crippen molar-refractivity contribution in [3.8, 4) is 5.75 Å². The molecule has 10 heteroatoms. The number of hydrogen-bond donors (Lipinski definition) is 2. The van der Waals surface area contributed by atoms with Crippen molar-refractivity contribution in [1.29, 1.82) is 0 Å². The normalized spacial score (nSPS) is 15.2. The van der Waals surface area contributed by atoms with Gasteiger partial charge < -0.3 is 24.6 Å². The third-order valence-electron chi connectivity index (χ3n) is 3.95. The van der Waals surface area contributed by atoms with Crippen LogP contribution in [0, 0.1) is 10.1 Å². The smallest absolute Gasteiger partial charge is 0.296 e. The van der Waals surface area contributed by atoms with Gasteiger partial charge in [0.05, 0.1) is 38.4 Å². The average Bonchev–Trinajstić information content (AvgIpc) is 2.62. The lowest BCUT2D eigenvalue weighted by Crippen LogP contribution is -3.11. The maximum Gasteiger partial charge on any atom is 0.296 e. The summed E-state index contributed by atoms with van der Waals surface area (Å²) in [5.74, 6) is -0.131. The van der Waals surface area contributed by atoms with Gasteiger partial charge in [-0.1, -0.05) is 0 Å². The molecule has 10 nitrogen and oxygen atoms in total. The average molecular weight is 367 g/mol. The third kappa shape index (κ3) is 5.39. The van der Waals surface area contributed by atoms with Crippen molar-refractivity contribution < 1.29 is 28.9 Å². The fraction of sp³-hybridized carbons (Fsp3) is 0.500. The van der Waals surface area contributed by atoms with E-state index < -0.39 is 10.8 Å². The number of likely N-dealkylation sites (N-methyl/N-ethyl adjacent to an activating group) is 1. The monoisotopic (exact) mass is 367 g/mol. The lowest BCUT2D eigenvalue weighted by molar-refractivity contribution is -0.862. The first-order valence-corrected chi connectivity index (χ1v) is 8.20. The molecule has 1 aliphatic rings. The van der Waals surface area contributed by atoms with Crippen molar-refractivity contribution in [2.75, 3.05) is 58.9 Å². The molecule has 0 aliphatic carbocycles. The standard InChI is InChI=1S/C16H22N4O6/c1-18(11-16(22)19-5-7-26-8-6-19)10-15(21)17-13-4-3-12(25-2)9-14(13)20(23)24/h3-4,9H,5-8,10-11H2,1-2H3,(H,17,21)/p+1. The van der Waals surface area contributed by atoms with Gasteiger partial charge in [0.15, 0.2) is 13.1 Å². The van der Waals surface area contributed by atoms with Crippen molar-refractivity contribution in [2.24, 2.45) is 0 Å². The number of hydrogen-bond acceptors (Lipinski definition) is 6. The fourth-order valence-electron chi connectivity index (χ4n) is 2.61. The Kier molecular flexibility index (Phi) is 6.87. The van der Waals surface area contributed by atoms with Gasteiger partial charge in [-0.3, -0.25) is 19.7 Å². The summed E-state index contributed by atoms with van der Waals surface area (Å²) in [6.07, 6.45) is 0. The Morgan fingerprint density at radius 2 is 2.04 bits per heavy atom. The van der Waals surface area contributed by atoms with E-state index in [2.05, 4.69) is 5.32 Å². The quantitative estimate of drug-likeness (QED) is 0.468. The van der Waals surface area contributed by atoms with E-state index in [1.165, 1.54) is 25.3 Å². The van der Waals surface area contributed by atoms with Crippen LogP contribution in [0.3, 0.4) is 0 Å². The number of carbonyl (C=O) groups is 2. The fourth-order valence-corrected chi connectivity index (χ4v) is 2.61. The molecule has 2 amide bonds. The van der Waals surface area contributed by atoms with Gasteiger partial charge in [0, 0.05) is 13.1 Å². The third-order valence-corrected chi connectivity index (χ3v) is 3.95. The summed E-state index contributed by atoms with van der Waals surface area (Å²) in [5, 5.41) is 13.7. The number of nitrogens with zero attached hydrogens (tertiary/aromatic N) is 2. The van der Waals surface area contributed by atoms with Gasteiger partial charge in [-0.25, -0.2) is 0 Å². The van der Waals surface area contributed by atoms with Gasteiger partial charge in [-0.2, -0.15) is 0 Å². The zero-order valence-corrected chi connectivity index (χ0v) is 14.8. The van der Waals surface area contributed by atoms with Crippen molar-refractivity contribution in [1.82, 2.24) is 4.90 Å². The first-order valence-electron chi connectivity index (χ1n) is 8.20. The number of methoxy groups -OCH3 is 1. The molecular weight excluding hydrogens is 344 g/mol. The van der Waals surface area contributed by atoms with Crippen molar-refractivity contribution >= 4 is 23.2 Å². The van der Waals surface area contributed by atoms with Crippen LogP contribution in [0.2, 0.25) is 0 Å². The molecule has 0 saturated carbocycles. The van der Waals surface area contributed by atoms with E-state index >= 15 is 0 Å². The number of anilines is 1. The SMILES string of the molecule is COc1ccc(NC(=O)C[NH+](C)CC(=O)N2CCOCC2)c([N+](=O)[O-])c1. The molecule has 0 radical (unpaired) electrons. The number of amides is 2. The molecule has 26 heavy (non-hydrogen) atoms. The molecule has 1 saturated heterocycles. The molecule has 0 spiro atoms. The maximum atomic E-state index is 12.2. The van der Waals surface area contributed by atoms with Crippen molar-refractivity contribution in [3.63, 3.8) is 0 Å². The Morgan fingerprint density at radius 3 is 2.65 bits per heavy atom. The minimum atomic E-state index is -0.587. The molecule has 1 aromatic rings. The van der Waals surface area contributed by atoms with Gasteiger partial charge in [0.1, 0.15) is 11.4 Å². The Hall–Kier alpha value is -2.72. The van der Waals surface area contributed by atoms with Crippen LogP contribution in [0.4, 0.5) is 11.4 Å². The highest BCUT2D eigenvalue weighted by molar-refractivity contribution is 5.94. The minimum Gasteiger partial charge on any atom is -0.496 e. The van der Waals surface area contributed by atoms with Crippen molar-refractivity contribution in [3.05, 3.63) is 28.3 Å². The van der Waals surface area contributed by atoms with Crippen LogP contribution in [0.5, 0.6) is 5.75 Å². The van der Waals surface area contributed by atoms with Crippen LogP contribution < -0.4 is 15.0 Å². The molecule has 2 N–H and O–H groups in total. The lowest BCUT2D eigenvalue weighted by atomic mass is 10.2. The predicted octanol–water partition coefficient (Wildman–Crippen LogP) is -1.08. The molecule has 1 atom stereocenters. The second-order valence-electron chi connectivity index (χ2n) is 5.99. The number of nitro groups is 1. The Labute approximate surface area is 150 Å². The Balaban J connectivity index is 1.91. The van der Waals surface area contributed by atoms with Crippen LogP contribution in [0.15, 0.2) is 18.2 Å². The van der Waals surface area contributed by atoms with Gasteiger partial charge in [0.25, 0.3) is 17.5 Å². The summed E-state index contributed by atoms with van der Waals surface area (Å²) in [6, 6.07) is 4.19. The summed E-state index contributed by atoms with van der Waals surface area (Å²) < 4.78 is 10.2. The van der Waals surface area contributed by atoms with E-state index in [4.69, 9.17) is 9.47 Å². The zero-order valence-electron chi connectivity index (χ0n) is 14.8. The molecule has 2 rings (SSSR count). The highest BCUT2D eigenvalue weighted by Gasteiger charge is 2.23. The number of quaternary nitrogens is 1. The Bertz CT molecular complexity index is 675. The number of benzene rings is 1. The minimum absolute atomic E-state index is 0.0132. The number of ether oxygens (including phenoxy) is 2. The van der Waals surface area contributed by atoms with E-state index in [1.807, 2.05) is 0 Å². The summed E-state index contributed by atoms with van der Waals surface area (Å²) in [7, 11) is 3.13. The van der Waals surface area contributed by atoms with Crippen LogP contribution in [0.1, 0.15) is 0 Å². The number of rotatable bonds is 7. The van der Waals surface area contributed by atoms with Gasteiger partial charge in [-0.15, -0.1) is 0 Å². The van der Waals surface area contributed by atoms with E-state index in [0.29, 0.717) is 37.0 Å². The lowest BCUT2D eigenvalue weighted by Gasteiger charge is -2.27. The van der Waals surface area contributed by atoms with Crippen LogP contribution in [0.25, 0.3) is 0 Å². The second-order valence-corrected chi connectivity index (χ2v) is 5.99. The number of nitro benzene ring substituents is 1. The largest absolute Gasteiger partial charge is 0.496 e. The maximum absolute atomic E-state index is 12.2. The molecular formula is C16H23N4O6+. The van der Waals surface area contributed by atoms with Crippen LogP contribution in [-0.4, -0.2) is 75.2 Å². The van der Waals surface area contributed by atoms with E-state index in [0.717, 1.165) is 0 Å². The number of carbonyl (C=O) groups excluding carboxylic acids is 2. The Morgan fingerprint density at radius 1 is 1.35 bits per heavy atom. The highest BCUT2D eigenvalue weighted by atomic mass is 16.6. The second kappa shape index (κ2) is 9.11. The molecule has 1 heterocycles. The van der Waals surface area contributed by atoms with Crippen LogP contribution in [-0.2, 0) is 14.3 Å². The summed E-state index contributed by atoms with van der Waals surface area (Å²) in [5.41, 5.74) is -0.159. The molecule has 1 aromatic carbocycles.